The molecular weight excluding hydrogens is 390 g/mol. The smallest absolute Gasteiger partial charge is 0.123 e. The van der Waals surface area contributed by atoms with Crippen LogP contribution in [-0.2, 0) is 0 Å². The van der Waals surface area contributed by atoms with Crippen LogP contribution in [0.5, 0.6) is 11.5 Å². The van der Waals surface area contributed by atoms with Crippen LogP contribution in [0.2, 0.25) is 0 Å². The molecule has 1 fully saturated rings. The standard InChI is InChI=1S/C26H31NO2S/c1-28-24-10-5-4-9-23(24)26(25-11-8-20-30-25)21-12-14-22(15-13-21)29-19-18-27-16-6-2-3-7-17-27/h4-5,8-15,20,26H,2-3,6-7,16-19H2,1H3/t26-/m0/s1. The normalized spacial score (nSPS) is 16.0. The van der Waals surface area contributed by atoms with E-state index in [1.165, 1.54) is 54.8 Å². The van der Waals surface area contributed by atoms with Crippen molar-refractivity contribution in [2.75, 3.05) is 33.4 Å². The van der Waals surface area contributed by atoms with Gasteiger partial charge in [-0.15, -0.1) is 11.3 Å². The molecular formula is C26H31NO2S. The summed E-state index contributed by atoms with van der Waals surface area (Å²) in [6, 6.07) is 21.2. The van der Waals surface area contributed by atoms with Gasteiger partial charge in [-0.25, -0.2) is 0 Å². The lowest BCUT2D eigenvalue weighted by molar-refractivity contribution is 0.214. The van der Waals surface area contributed by atoms with E-state index in [-0.39, 0.29) is 5.92 Å². The van der Waals surface area contributed by atoms with Crippen LogP contribution in [0.15, 0.2) is 66.0 Å². The summed E-state index contributed by atoms with van der Waals surface area (Å²) in [5.41, 5.74) is 2.44. The fourth-order valence-corrected chi connectivity index (χ4v) is 5.14. The maximum absolute atomic E-state index is 6.06. The minimum absolute atomic E-state index is 0.160. The fraction of sp³-hybridized carbons (Fsp3) is 0.385. The average molecular weight is 422 g/mol. The number of nitrogens with zero attached hydrogens (tertiary/aromatic N) is 1. The van der Waals surface area contributed by atoms with Gasteiger partial charge in [0.25, 0.3) is 0 Å². The Morgan fingerprint density at radius 2 is 1.67 bits per heavy atom. The fourth-order valence-electron chi connectivity index (χ4n) is 4.27. The van der Waals surface area contributed by atoms with E-state index in [1.807, 2.05) is 12.1 Å². The quantitative estimate of drug-likeness (QED) is 0.433. The summed E-state index contributed by atoms with van der Waals surface area (Å²) in [5.74, 6) is 2.03. The largest absolute Gasteiger partial charge is 0.496 e. The maximum Gasteiger partial charge on any atom is 0.123 e. The van der Waals surface area contributed by atoms with Crippen molar-refractivity contribution in [3.05, 3.63) is 82.0 Å². The number of likely N-dealkylation sites (tertiary alicyclic amines) is 1. The Morgan fingerprint density at radius 3 is 2.37 bits per heavy atom. The maximum atomic E-state index is 6.06. The molecule has 0 spiro atoms. The van der Waals surface area contributed by atoms with Crippen LogP contribution < -0.4 is 9.47 Å². The van der Waals surface area contributed by atoms with Gasteiger partial charge in [0.1, 0.15) is 18.1 Å². The summed E-state index contributed by atoms with van der Waals surface area (Å²) in [5, 5.41) is 2.14. The third-order valence-electron chi connectivity index (χ3n) is 5.87. The van der Waals surface area contributed by atoms with Crippen molar-refractivity contribution in [3.8, 4) is 11.5 Å². The van der Waals surface area contributed by atoms with E-state index in [0.29, 0.717) is 0 Å². The molecule has 2 aromatic carbocycles. The highest BCUT2D eigenvalue weighted by Gasteiger charge is 2.21. The minimum atomic E-state index is 0.160. The van der Waals surface area contributed by atoms with Crippen molar-refractivity contribution in [2.24, 2.45) is 0 Å². The molecule has 4 rings (SSSR count). The summed E-state index contributed by atoms with van der Waals surface area (Å²) in [4.78, 5) is 3.85. The number of hydrogen-bond acceptors (Lipinski definition) is 4. The number of para-hydroxylation sites is 1. The molecule has 1 atom stereocenters. The van der Waals surface area contributed by atoms with E-state index >= 15 is 0 Å². The zero-order valence-electron chi connectivity index (χ0n) is 17.8. The molecule has 0 amide bonds. The Kier molecular flexibility index (Phi) is 7.44. The number of thiophene rings is 1. The summed E-state index contributed by atoms with van der Waals surface area (Å²) < 4.78 is 11.7. The van der Waals surface area contributed by atoms with Crippen molar-refractivity contribution in [2.45, 2.75) is 31.6 Å². The SMILES string of the molecule is COc1ccccc1[C@H](c1ccc(OCCN2CCCCCC2)cc1)c1cccs1. The second-order valence-electron chi connectivity index (χ2n) is 7.86. The molecule has 1 aliphatic heterocycles. The van der Waals surface area contributed by atoms with E-state index < -0.39 is 0 Å². The Balaban J connectivity index is 1.46. The van der Waals surface area contributed by atoms with Crippen LogP contribution in [0.3, 0.4) is 0 Å². The third-order valence-corrected chi connectivity index (χ3v) is 6.80. The zero-order valence-corrected chi connectivity index (χ0v) is 18.6. The molecule has 0 saturated carbocycles. The van der Waals surface area contributed by atoms with Crippen molar-refractivity contribution in [3.63, 3.8) is 0 Å². The zero-order chi connectivity index (χ0) is 20.6. The van der Waals surface area contributed by atoms with Crippen LogP contribution in [0.25, 0.3) is 0 Å². The van der Waals surface area contributed by atoms with Gasteiger partial charge in [-0.1, -0.05) is 49.2 Å². The highest BCUT2D eigenvalue weighted by atomic mass is 32.1. The monoisotopic (exact) mass is 421 g/mol. The molecule has 2 heterocycles. The van der Waals surface area contributed by atoms with E-state index in [2.05, 4.69) is 58.8 Å². The second-order valence-corrected chi connectivity index (χ2v) is 8.84. The van der Waals surface area contributed by atoms with Gasteiger partial charge in [0.15, 0.2) is 0 Å². The van der Waals surface area contributed by atoms with E-state index in [9.17, 15) is 0 Å². The van der Waals surface area contributed by atoms with Crippen LogP contribution >= 0.6 is 11.3 Å². The molecule has 0 N–H and O–H groups in total. The van der Waals surface area contributed by atoms with Gasteiger partial charge in [0.05, 0.1) is 7.11 Å². The molecule has 0 aliphatic carbocycles. The number of hydrogen-bond donors (Lipinski definition) is 0. The Hall–Kier alpha value is -2.30. The first-order valence-corrected chi connectivity index (χ1v) is 11.8. The summed E-state index contributed by atoms with van der Waals surface area (Å²) in [6.45, 7) is 4.19. The van der Waals surface area contributed by atoms with Crippen LogP contribution in [-0.4, -0.2) is 38.3 Å². The lowest BCUT2D eigenvalue weighted by Crippen LogP contribution is -2.29. The van der Waals surface area contributed by atoms with Gasteiger partial charge < -0.3 is 9.47 Å². The molecule has 1 aromatic heterocycles. The topological polar surface area (TPSA) is 21.7 Å². The van der Waals surface area contributed by atoms with Gasteiger partial charge in [0.2, 0.25) is 0 Å². The van der Waals surface area contributed by atoms with Crippen molar-refractivity contribution in [1.82, 2.24) is 4.90 Å². The third kappa shape index (κ3) is 5.24. The lowest BCUT2D eigenvalue weighted by Gasteiger charge is -2.21. The Labute approximate surface area is 184 Å². The molecule has 3 nitrogen and oxygen atoms in total. The van der Waals surface area contributed by atoms with Gasteiger partial charge in [-0.2, -0.15) is 0 Å². The molecule has 1 aliphatic rings. The van der Waals surface area contributed by atoms with Crippen LogP contribution in [0, 0.1) is 0 Å². The molecule has 158 valence electrons. The average Bonchev–Trinajstić information content (AvgIpc) is 3.19. The predicted molar refractivity (Wildman–Crippen MR) is 125 cm³/mol. The number of methoxy groups -OCH3 is 1. The first-order chi connectivity index (χ1) is 14.8. The molecule has 0 unspecified atom stereocenters. The summed E-state index contributed by atoms with van der Waals surface area (Å²) in [7, 11) is 1.74. The molecule has 0 bridgehead atoms. The Morgan fingerprint density at radius 1 is 0.900 bits per heavy atom. The van der Waals surface area contributed by atoms with Crippen molar-refractivity contribution in [1.29, 1.82) is 0 Å². The van der Waals surface area contributed by atoms with Crippen LogP contribution in [0.4, 0.5) is 0 Å². The highest BCUT2D eigenvalue weighted by Crippen LogP contribution is 2.39. The van der Waals surface area contributed by atoms with Gasteiger partial charge in [-0.05, 0) is 61.1 Å². The first kappa shape index (κ1) is 21.0. The molecule has 0 radical (unpaired) electrons. The van der Waals surface area contributed by atoms with Crippen molar-refractivity contribution >= 4 is 11.3 Å². The minimum Gasteiger partial charge on any atom is -0.496 e. The van der Waals surface area contributed by atoms with Gasteiger partial charge in [0, 0.05) is 22.9 Å². The summed E-state index contributed by atoms with van der Waals surface area (Å²) >= 11 is 1.78. The van der Waals surface area contributed by atoms with E-state index in [1.54, 1.807) is 18.4 Å². The molecule has 4 heteroatoms. The number of benzene rings is 2. The van der Waals surface area contributed by atoms with Gasteiger partial charge >= 0.3 is 0 Å². The lowest BCUT2D eigenvalue weighted by atomic mass is 9.89. The number of ether oxygens (including phenoxy) is 2. The highest BCUT2D eigenvalue weighted by molar-refractivity contribution is 7.10. The van der Waals surface area contributed by atoms with E-state index in [0.717, 1.165) is 24.7 Å². The van der Waals surface area contributed by atoms with Crippen molar-refractivity contribution < 1.29 is 9.47 Å². The summed E-state index contributed by atoms with van der Waals surface area (Å²) in [6.07, 6.45) is 5.39. The Bertz CT molecular complexity index is 884. The predicted octanol–water partition coefficient (Wildman–Crippen LogP) is 6.19. The van der Waals surface area contributed by atoms with Crippen LogP contribution in [0.1, 0.15) is 47.6 Å². The molecule has 1 saturated heterocycles. The first-order valence-electron chi connectivity index (χ1n) is 11.0. The molecule has 3 aromatic rings. The second kappa shape index (κ2) is 10.6. The van der Waals surface area contributed by atoms with E-state index in [4.69, 9.17) is 9.47 Å². The van der Waals surface area contributed by atoms with Gasteiger partial charge in [-0.3, -0.25) is 4.90 Å². The number of rotatable bonds is 8. The molecule has 30 heavy (non-hydrogen) atoms.